The summed E-state index contributed by atoms with van der Waals surface area (Å²) in [6.07, 6.45) is 12.3. The van der Waals surface area contributed by atoms with E-state index in [0.29, 0.717) is 17.6 Å². The Bertz CT molecular complexity index is 708. The Morgan fingerprint density at radius 2 is 2.00 bits per heavy atom. The van der Waals surface area contributed by atoms with Crippen LogP contribution in [0.4, 0.5) is 0 Å². The molecule has 0 heterocycles. The summed E-state index contributed by atoms with van der Waals surface area (Å²) in [5.74, 6) is 1.63. The van der Waals surface area contributed by atoms with Crippen molar-refractivity contribution in [2.45, 2.75) is 63.4 Å². The van der Waals surface area contributed by atoms with Crippen LogP contribution in [0.25, 0.3) is 0 Å². The molecule has 0 saturated heterocycles. The molecule has 0 aromatic heterocycles. The van der Waals surface area contributed by atoms with Crippen molar-refractivity contribution in [3.63, 3.8) is 0 Å². The number of benzene rings is 1. The van der Waals surface area contributed by atoms with E-state index in [1.165, 1.54) is 24.0 Å². The van der Waals surface area contributed by atoms with E-state index in [9.17, 15) is 10.2 Å². The van der Waals surface area contributed by atoms with Gasteiger partial charge in [-0.2, -0.15) is 0 Å². The van der Waals surface area contributed by atoms with Crippen molar-refractivity contribution in [3.8, 4) is 5.75 Å². The van der Waals surface area contributed by atoms with Crippen LogP contribution in [-0.2, 0) is 6.42 Å². The zero-order chi connectivity index (χ0) is 15.9. The van der Waals surface area contributed by atoms with Crippen molar-refractivity contribution in [1.82, 2.24) is 0 Å². The van der Waals surface area contributed by atoms with Gasteiger partial charge in [-0.25, -0.2) is 0 Å². The minimum Gasteiger partial charge on any atom is -0.508 e. The Kier molecular flexibility index (Phi) is 2.58. The maximum atomic E-state index is 11.3. The fourth-order valence-corrected chi connectivity index (χ4v) is 6.96. The van der Waals surface area contributed by atoms with Crippen molar-refractivity contribution in [2.24, 2.45) is 16.7 Å². The quantitative estimate of drug-likeness (QED) is 0.701. The molecule has 2 fully saturated rings. The van der Waals surface area contributed by atoms with Crippen molar-refractivity contribution in [3.05, 3.63) is 41.5 Å². The number of aliphatic hydroxyl groups is 1. The molecule has 2 heteroatoms. The molecule has 0 amide bonds. The second-order valence-corrected chi connectivity index (χ2v) is 8.68. The number of hydrogen-bond acceptors (Lipinski definition) is 2. The van der Waals surface area contributed by atoms with Gasteiger partial charge in [0, 0.05) is 5.41 Å². The molecule has 1 aromatic carbocycles. The molecule has 2 N–H and O–H groups in total. The van der Waals surface area contributed by atoms with Gasteiger partial charge in [0.1, 0.15) is 5.75 Å². The van der Waals surface area contributed by atoms with E-state index in [2.05, 4.69) is 25.1 Å². The van der Waals surface area contributed by atoms with Crippen LogP contribution in [0.5, 0.6) is 5.75 Å². The van der Waals surface area contributed by atoms with E-state index in [-0.39, 0.29) is 10.8 Å². The van der Waals surface area contributed by atoms with Crippen LogP contribution in [0, 0.1) is 16.7 Å². The van der Waals surface area contributed by atoms with Crippen molar-refractivity contribution < 1.29 is 10.2 Å². The molecule has 2 saturated carbocycles. The number of phenolic OH excluding ortho intramolecular Hbond substituents is 1. The first kappa shape index (κ1) is 14.1. The van der Waals surface area contributed by atoms with Crippen LogP contribution in [-0.4, -0.2) is 15.8 Å². The molecule has 0 radical (unpaired) electrons. The minimum atomic E-state index is -0.484. The first-order chi connectivity index (χ1) is 11.0. The summed E-state index contributed by atoms with van der Waals surface area (Å²) in [6.45, 7) is 2.37. The lowest BCUT2D eigenvalue weighted by Gasteiger charge is -2.61. The molecule has 4 aliphatic carbocycles. The summed E-state index contributed by atoms with van der Waals surface area (Å²) < 4.78 is 0. The van der Waals surface area contributed by atoms with Gasteiger partial charge < -0.3 is 10.2 Å². The average molecular weight is 310 g/mol. The number of hydrogen-bond donors (Lipinski definition) is 2. The van der Waals surface area contributed by atoms with Crippen LogP contribution in [0.1, 0.15) is 62.5 Å². The molecular formula is C21H26O2. The smallest absolute Gasteiger partial charge is 0.115 e. The van der Waals surface area contributed by atoms with Crippen LogP contribution in [0.15, 0.2) is 30.4 Å². The molecule has 5 rings (SSSR count). The Morgan fingerprint density at radius 1 is 1.13 bits per heavy atom. The van der Waals surface area contributed by atoms with Gasteiger partial charge in [-0.3, -0.25) is 0 Å². The van der Waals surface area contributed by atoms with Gasteiger partial charge in [0.05, 0.1) is 5.60 Å². The minimum absolute atomic E-state index is 0.0460. The zero-order valence-electron chi connectivity index (χ0n) is 13.9. The van der Waals surface area contributed by atoms with E-state index < -0.39 is 5.60 Å². The van der Waals surface area contributed by atoms with Gasteiger partial charge in [-0.15, -0.1) is 0 Å². The number of phenols is 1. The first-order valence-corrected chi connectivity index (χ1v) is 9.21. The number of fused-ring (bicyclic) bond motifs is 3. The van der Waals surface area contributed by atoms with Gasteiger partial charge in [0.25, 0.3) is 0 Å². The molecule has 2 nitrogen and oxygen atoms in total. The molecule has 0 unspecified atom stereocenters. The largest absolute Gasteiger partial charge is 0.508 e. The fourth-order valence-electron chi connectivity index (χ4n) is 6.96. The molecule has 4 aliphatic rings. The van der Waals surface area contributed by atoms with Gasteiger partial charge in [0.2, 0.25) is 0 Å². The standard InChI is InChI=1S/C21H26O2/c1-19-10-7-17-16-5-4-15(22)13-14(16)3-6-18(17)20(19)8-2-9-21(19,23)12-11-20/h2,4-5,8,13,17-18,22-23H,3,6-7,9-12H2,1H3/t17-,18-,19+,20+,21+/m1/s1. The van der Waals surface area contributed by atoms with Gasteiger partial charge >= 0.3 is 0 Å². The maximum absolute atomic E-state index is 11.3. The lowest BCUT2D eigenvalue weighted by Crippen LogP contribution is -2.57. The molecular weight excluding hydrogens is 284 g/mol. The highest BCUT2D eigenvalue weighted by molar-refractivity contribution is 5.42. The number of allylic oxidation sites excluding steroid dienone is 1. The number of aryl methyl sites for hydroxylation is 1. The van der Waals surface area contributed by atoms with E-state index in [1.807, 2.05) is 12.1 Å². The van der Waals surface area contributed by atoms with Crippen LogP contribution in [0.2, 0.25) is 0 Å². The van der Waals surface area contributed by atoms with Crippen molar-refractivity contribution in [2.75, 3.05) is 0 Å². The molecule has 5 atom stereocenters. The molecule has 0 aliphatic heterocycles. The maximum Gasteiger partial charge on any atom is 0.115 e. The fraction of sp³-hybridized carbons (Fsp3) is 0.619. The lowest BCUT2D eigenvalue weighted by molar-refractivity contribution is -0.135. The summed E-state index contributed by atoms with van der Waals surface area (Å²) in [5.41, 5.74) is 2.55. The first-order valence-electron chi connectivity index (χ1n) is 9.21. The molecule has 1 aromatic rings. The van der Waals surface area contributed by atoms with E-state index in [4.69, 9.17) is 0 Å². The second kappa shape index (κ2) is 4.22. The summed E-state index contributed by atoms with van der Waals surface area (Å²) in [4.78, 5) is 0. The Hall–Kier alpha value is -1.28. The summed E-state index contributed by atoms with van der Waals surface area (Å²) >= 11 is 0. The monoisotopic (exact) mass is 310 g/mol. The lowest BCUT2D eigenvalue weighted by atomic mass is 9.44. The SMILES string of the molecule is C[C@]12CC[C@@H]3c4ccc(O)cc4CC[C@H]3[C@@]13C=CC[C@]2(O)CC3. The summed E-state index contributed by atoms with van der Waals surface area (Å²) in [5, 5.41) is 21.1. The molecule has 122 valence electrons. The predicted octanol–water partition coefficient (Wildman–Crippen LogP) is 4.31. The van der Waals surface area contributed by atoms with E-state index in [1.54, 1.807) is 0 Å². The topological polar surface area (TPSA) is 40.5 Å². The third kappa shape index (κ3) is 1.49. The second-order valence-electron chi connectivity index (χ2n) is 8.68. The highest BCUT2D eigenvalue weighted by atomic mass is 16.3. The van der Waals surface area contributed by atoms with E-state index >= 15 is 0 Å². The highest BCUT2D eigenvalue weighted by Gasteiger charge is 2.69. The predicted molar refractivity (Wildman–Crippen MR) is 90.4 cm³/mol. The molecule has 0 spiro atoms. The third-order valence-corrected chi connectivity index (χ3v) is 8.23. The van der Waals surface area contributed by atoms with Crippen LogP contribution < -0.4 is 0 Å². The number of aromatic hydroxyl groups is 1. The highest BCUT2D eigenvalue weighted by Crippen LogP contribution is 2.73. The summed E-state index contributed by atoms with van der Waals surface area (Å²) in [7, 11) is 0. The zero-order valence-corrected chi connectivity index (χ0v) is 13.9. The molecule has 2 bridgehead atoms. The third-order valence-electron chi connectivity index (χ3n) is 8.23. The number of rotatable bonds is 0. The van der Waals surface area contributed by atoms with Crippen molar-refractivity contribution in [1.29, 1.82) is 0 Å². The Balaban J connectivity index is 1.65. The van der Waals surface area contributed by atoms with Crippen LogP contribution >= 0.6 is 0 Å². The Labute approximate surface area is 138 Å². The van der Waals surface area contributed by atoms with Gasteiger partial charge in [-0.1, -0.05) is 25.1 Å². The normalized spacial score (nSPS) is 46.9. The van der Waals surface area contributed by atoms with Gasteiger partial charge in [-0.05, 0) is 85.5 Å². The Morgan fingerprint density at radius 3 is 2.87 bits per heavy atom. The molecule has 23 heavy (non-hydrogen) atoms. The van der Waals surface area contributed by atoms with E-state index in [0.717, 1.165) is 32.1 Å². The van der Waals surface area contributed by atoms with Crippen LogP contribution in [0.3, 0.4) is 0 Å². The van der Waals surface area contributed by atoms with Crippen molar-refractivity contribution >= 4 is 0 Å². The summed E-state index contributed by atoms with van der Waals surface area (Å²) in [6, 6.07) is 5.99. The average Bonchev–Trinajstić information content (AvgIpc) is 2.66. The van der Waals surface area contributed by atoms with Gasteiger partial charge in [0.15, 0.2) is 0 Å².